The number of phenols is 1. The van der Waals surface area contributed by atoms with Crippen molar-refractivity contribution in [1.29, 1.82) is 0 Å². The largest absolute Gasteiger partial charge is 0.502 e. The Morgan fingerprint density at radius 2 is 2.29 bits per heavy atom. The fourth-order valence-corrected chi connectivity index (χ4v) is 1.00. The maximum Gasteiger partial charge on any atom is 0.310 e. The Bertz CT molecular complexity index is 374. The van der Waals surface area contributed by atoms with Gasteiger partial charge in [-0.25, -0.2) is 0 Å². The average molecular weight is 194 g/mol. The number of hydrogen-bond acceptors (Lipinski definition) is 4. The van der Waals surface area contributed by atoms with E-state index in [-0.39, 0.29) is 11.4 Å². The summed E-state index contributed by atoms with van der Waals surface area (Å²) in [7, 11) is 0. The van der Waals surface area contributed by atoms with Gasteiger partial charge in [0.15, 0.2) is 5.75 Å². The van der Waals surface area contributed by atoms with Gasteiger partial charge in [0.2, 0.25) is 0 Å². The molecule has 0 saturated carbocycles. The molecule has 74 valence electrons. The van der Waals surface area contributed by atoms with Crippen molar-refractivity contribution in [3.05, 3.63) is 40.0 Å². The number of rotatable bonds is 3. The monoisotopic (exact) mass is 194 g/mol. The Labute approximate surface area is 80.6 Å². The lowest BCUT2D eigenvalue weighted by molar-refractivity contribution is -0.385. The van der Waals surface area contributed by atoms with Gasteiger partial charge >= 0.3 is 5.69 Å². The molecule has 1 aromatic carbocycles. The number of aromatic hydroxyl groups is 1. The van der Waals surface area contributed by atoms with Crippen LogP contribution in [0.15, 0.2) is 24.3 Å². The molecular weight excluding hydrogens is 184 g/mol. The minimum atomic E-state index is -0.633. The summed E-state index contributed by atoms with van der Waals surface area (Å²) in [6, 6.07) is 4.12. The Morgan fingerprint density at radius 3 is 2.79 bits per heavy atom. The Hall–Kier alpha value is -1.88. The fourth-order valence-electron chi connectivity index (χ4n) is 1.00. The summed E-state index contributed by atoms with van der Waals surface area (Å²) in [5.74, 6) is -0.339. The lowest BCUT2D eigenvalue weighted by Crippen LogP contribution is -1.92. The zero-order valence-electron chi connectivity index (χ0n) is 7.38. The summed E-state index contributed by atoms with van der Waals surface area (Å²) in [6.45, 7) is 0.387. The quantitative estimate of drug-likeness (QED) is 0.560. The molecule has 0 spiro atoms. The van der Waals surface area contributed by atoms with Gasteiger partial charge in [0.1, 0.15) is 0 Å². The highest BCUT2D eigenvalue weighted by molar-refractivity contribution is 5.57. The van der Waals surface area contributed by atoms with Crippen LogP contribution < -0.4 is 5.73 Å². The van der Waals surface area contributed by atoms with E-state index >= 15 is 0 Å². The average Bonchev–Trinajstić information content (AvgIpc) is 2.14. The van der Waals surface area contributed by atoms with Gasteiger partial charge in [-0.2, -0.15) is 0 Å². The molecule has 0 fully saturated rings. The van der Waals surface area contributed by atoms with Gasteiger partial charge in [0, 0.05) is 12.6 Å². The summed E-state index contributed by atoms with van der Waals surface area (Å²) >= 11 is 0. The van der Waals surface area contributed by atoms with Gasteiger partial charge in [-0.3, -0.25) is 10.1 Å². The van der Waals surface area contributed by atoms with Crippen molar-refractivity contribution in [2.24, 2.45) is 5.73 Å². The molecule has 1 aromatic rings. The highest BCUT2D eigenvalue weighted by atomic mass is 16.6. The molecule has 0 bridgehead atoms. The Balaban J connectivity index is 3.00. The van der Waals surface area contributed by atoms with Gasteiger partial charge in [0.05, 0.1) is 4.92 Å². The molecule has 1 rings (SSSR count). The van der Waals surface area contributed by atoms with E-state index in [9.17, 15) is 15.2 Å². The number of nitro groups is 1. The second kappa shape index (κ2) is 4.38. The molecular formula is C9H10N2O3. The molecule has 0 unspecified atom stereocenters. The van der Waals surface area contributed by atoms with Crippen molar-refractivity contribution >= 4 is 11.8 Å². The van der Waals surface area contributed by atoms with Crippen LogP contribution in [0.2, 0.25) is 0 Å². The van der Waals surface area contributed by atoms with E-state index in [4.69, 9.17) is 5.73 Å². The third-order valence-electron chi connectivity index (χ3n) is 1.64. The third kappa shape index (κ3) is 2.30. The maximum atomic E-state index is 10.4. The molecule has 0 aromatic heterocycles. The summed E-state index contributed by atoms with van der Waals surface area (Å²) in [4.78, 5) is 9.72. The van der Waals surface area contributed by atoms with Gasteiger partial charge in [-0.05, 0) is 17.7 Å². The third-order valence-corrected chi connectivity index (χ3v) is 1.64. The molecule has 0 atom stereocenters. The van der Waals surface area contributed by atoms with Crippen molar-refractivity contribution in [3.8, 4) is 5.75 Å². The van der Waals surface area contributed by atoms with E-state index < -0.39 is 4.92 Å². The van der Waals surface area contributed by atoms with E-state index in [2.05, 4.69) is 0 Å². The smallest absolute Gasteiger partial charge is 0.310 e. The molecule has 5 heteroatoms. The summed E-state index contributed by atoms with van der Waals surface area (Å²) in [6.07, 6.45) is 3.38. The number of hydrogen-bond donors (Lipinski definition) is 2. The molecule has 0 radical (unpaired) electrons. The topological polar surface area (TPSA) is 89.4 Å². The molecule has 0 heterocycles. The lowest BCUT2D eigenvalue weighted by atomic mass is 10.2. The molecule has 0 aliphatic carbocycles. The van der Waals surface area contributed by atoms with Crippen LogP contribution >= 0.6 is 0 Å². The number of nitrogens with two attached hydrogens (primary N) is 1. The number of phenolic OH excluding ortho intramolecular Hbond substituents is 1. The van der Waals surface area contributed by atoms with Crippen molar-refractivity contribution < 1.29 is 10.0 Å². The normalized spacial score (nSPS) is 10.6. The Kier molecular flexibility index (Phi) is 3.19. The minimum absolute atomic E-state index is 0.296. The predicted molar refractivity (Wildman–Crippen MR) is 52.8 cm³/mol. The van der Waals surface area contributed by atoms with E-state index in [0.29, 0.717) is 12.1 Å². The van der Waals surface area contributed by atoms with Gasteiger partial charge in [0.25, 0.3) is 0 Å². The number of nitro benzene ring substituents is 1. The van der Waals surface area contributed by atoms with Crippen molar-refractivity contribution in [2.75, 3.05) is 6.54 Å². The van der Waals surface area contributed by atoms with Crippen LogP contribution in [0.4, 0.5) is 5.69 Å². The Morgan fingerprint density at radius 1 is 1.57 bits per heavy atom. The van der Waals surface area contributed by atoms with E-state index in [1.165, 1.54) is 12.1 Å². The lowest BCUT2D eigenvalue weighted by Gasteiger charge is -1.97. The molecule has 5 nitrogen and oxygen atoms in total. The first-order valence-electron chi connectivity index (χ1n) is 3.99. The van der Waals surface area contributed by atoms with Gasteiger partial charge in [-0.1, -0.05) is 12.2 Å². The first-order valence-corrected chi connectivity index (χ1v) is 3.99. The number of benzene rings is 1. The van der Waals surface area contributed by atoms with Gasteiger partial charge in [-0.15, -0.1) is 0 Å². The van der Waals surface area contributed by atoms with Crippen LogP contribution in [0.25, 0.3) is 6.08 Å². The van der Waals surface area contributed by atoms with Gasteiger partial charge < -0.3 is 10.8 Å². The summed E-state index contributed by atoms with van der Waals surface area (Å²) in [5, 5.41) is 19.6. The summed E-state index contributed by atoms with van der Waals surface area (Å²) < 4.78 is 0. The second-order valence-corrected chi connectivity index (χ2v) is 2.64. The van der Waals surface area contributed by atoms with Crippen LogP contribution in [0.5, 0.6) is 5.75 Å². The standard InChI is InChI=1S/C9H10N2O3/c10-5-1-2-7-3-4-8(11(13)14)9(12)6-7/h1-4,6,12H,5,10H2. The first-order chi connectivity index (χ1) is 6.65. The highest BCUT2D eigenvalue weighted by Gasteiger charge is 2.11. The van der Waals surface area contributed by atoms with Crippen molar-refractivity contribution in [3.63, 3.8) is 0 Å². The fraction of sp³-hybridized carbons (Fsp3) is 0.111. The predicted octanol–water partition coefficient (Wildman–Crippen LogP) is 1.27. The van der Waals surface area contributed by atoms with E-state index in [1.807, 2.05) is 0 Å². The molecule has 0 aliphatic heterocycles. The summed E-state index contributed by atoms with van der Waals surface area (Å²) in [5.41, 5.74) is 5.62. The van der Waals surface area contributed by atoms with E-state index in [1.54, 1.807) is 18.2 Å². The minimum Gasteiger partial charge on any atom is -0.502 e. The zero-order chi connectivity index (χ0) is 10.6. The van der Waals surface area contributed by atoms with Crippen LogP contribution in [0.3, 0.4) is 0 Å². The molecule has 0 aliphatic rings. The van der Waals surface area contributed by atoms with Crippen LogP contribution in [0, 0.1) is 10.1 Å². The second-order valence-electron chi connectivity index (χ2n) is 2.64. The maximum absolute atomic E-state index is 10.4. The van der Waals surface area contributed by atoms with Crippen LogP contribution in [0.1, 0.15) is 5.56 Å². The van der Waals surface area contributed by atoms with Crippen LogP contribution in [-0.4, -0.2) is 16.6 Å². The molecule has 14 heavy (non-hydrogen) atoms. The molecule has 0 saturated heterocycles. The first kappa shape index (κ1) is 10.2. The van der Waals surface area contributed by atoms with Crippen molar-refractivity contribution in [1.82, 2.24) is 0 Å². The van der Waals surface area contributed by atoms with E-state index in [0.717, 1.165) is 0 Å². The zero-order valence-corrected chi connectivity index (χ0v) is 7.38. The SMILES string of the molecule is NCC=Cc1ccc([N+](=O)[O-])c(O)c1. The number of nitrogens with zero attached hydrogens (tertiary/aromatic N) is 1. The molecule has 3 N–H and O–H groups in total. The molecule has 0 amide bonds. The van der Waals surface area contributed by atoms with Crippen molar-refractivity contribution in [2.45, 2.75) is 0 Å². The van der Waals surface area contributed by atoms with Crippen LogP contribution in [-0.2, 0) is 0 Å². The highest BCUT2D eigenvalue weighted by Crippen LogP contribution is 2.26.